The molecule has 0 unspecified atom stereocenters. The van der Waals surface area contributed by atoms with E-state index < -0.39 is 10.0 Å². The molecule has 142 valence electrons. The molecule has 0 aliphatic heterocycles. The lowest BCUT2D eigenvalue weighted by Gasteiger charge is -2.13. The van der Waals surface area contributed by atoms with Gasteiger partial charge in [-0.2, -0.15) is 0 Å². The molecular formula is C18H23ClN2O4S. The summed E-state index contributed by atoms with van der Waals surface area (Å²) in [6.07, 6.45) is 0.757. The van der Waals surface area contributed by atoms with E-state index in [1.54, 1.807) is 19.2 Å². The highest BCUT2D eigenvalue weighted by Gasteiger charge is 2.11. The maximum atomic E-state index is 11.2. The van der Waals surface area contributed by atoms with Gasteiger partial charge in [0, 0.05) is 6.54 Å². The SMILES string of the molecule is CCOc1cc(CNCCc2ccc(S(N)(=O)=O)cc2)cc(Cl)c1OC. The van der Waals surface area contributed by atoms with Crippen LogP contribution in [0.15, 0.2) is 41.3 Å². The molecule has 6 nitrogen and oxygen atoms in total. The van der Waals surface area contributed by atoms with E-state index in [1.807, 2.05) is 19.1 Å². The van der Waals surface area contributed by atoms with E-state index in [2.05, 4.69) is 5.32 Å². The Kier molecular flexibility index (Phi) is 7.28. The number of sulfonamides is 1. The van der Waals surface area contributed by atoms with Crippen molar-refractivity contribution in [3.63, 3.8) is 0 Å². The Morgan fingerprint density at radius 2 is 1.85 bits per heavy atom. The third-order valence-electron chi connectivity index (χ3n) is 3.74. The first-order valence-electron chi connectivity index (χ1n) is 8.16. The molecule has 0 amide bonds. The predicted molar refractivity (Wildman–Crippen MR) is 102 cm³/mol. The molecule has 0 fully saturated rings. The lowest BCUT2D eigenvalue weighted by atomic mass is 10.1. The molecule has 8 heteroatoms. The fourth-order valence-corrected chi connectivity index (χ4v) is 3.32. The largest absolute Gasteiger partial charge is 0.491 e. The first-order valence-corrected chi connectivity index (χ1v) is 10.1. The molecule has 0 aliphatic carbocycles. The van der Waals surface area contributed by atoms with Crippen molar-refractivity contribution in [3.8, 4) is 11.5 Å². The standard InChI is InChI=1S/C18H23ClN2O4S/c1-3-25-17-11-14(10-16(19)18(17)24-2)12-21-9-8-13-4-6-15(7-5-13)26(20,22)23/h4-7,10-11,21H,3,8-9,12H2,1-2H3,(H2,20,22,23). The van der Waals surface area contributed by atoms with Crippen LogP contribution in [-0.4, -0.2) is 28.7 Å². The van der Waals surface area contributed by atoms with Gasteiger partial charge in [-0.25, -0.2) is 13.6 Å². The van der Waals surface area contributed by atoms with Crippen LogP contribution < -0.4 is 19.9 Å². The second kappa shape index (κ2) is 9.23. The van der Waals surface area contributed by atoms with Crippen molar-refractivity contribution in [2.75, 3.05) is 20.3 Å². The minimum atomic E-state index is -3.65. The van der Waals surface area contributed by atoms with Crippen LogP contribution in [-0.2, 0) is 23.0 Å². The van der Waals surface area contributed by atoms with E-state index in [0.29, 0.717) is 29.7 Å². The van der Waals surface area contributed by atoms with Crippen molar-refractivity contribution < 1.29 is 17.9 Å². The Balaban J connectivity index is 1.91. The molecule has 2 rings (SSSR count). The minimum absolute atomic E-state index is 0.116. The Bertz CT molecular complexity index is 839. The highest BCUT2D eigenvalue weighted by molar-refractivity contribution is 7.89. The molecule has 0 aromatic heterocycles. The molecule has 26 heavy (non-hydrogen) atoms. The number of nitrogens with two attached hydrogens (primary N) is 1. The van der Waals surface area contributed by atoms with Crippen LogP contribution in [0, 0.1) is 0 Å². The van der Waals surface area contributed by atoms with Crippen LogP contribution in [0.5, 0.6) is 11.5 Å². The zero-order valence-corrected chi connectivity index (χ0v) is 16.4. The normalized spacial score (nSPS) is 11.4. The fraction of sp³-hybridized carbons (Fsp3) is 0.333. The fourth-order valence-electron chi connectivity index (χ4n) is 2.50. The number of halogens is 1. The van der Waals surface area contributed by atoms with Crippen molar-refractivity contribution in [1.29, 1.82) is 0 Å². The van der Waals surface area contributed by atoms with Crippen LogP contribution >= 0.6 is 11.6 Å². The zero-order chi connectivity index (χ0) is 19.2. The van der Waals surface area contributed by atoms with Gasteiger partial charge in [0.1, 0.15) is 0 Å². The van der Waals surface area contributed by atoms with Crippen LogP contribution in [0.2, 0.25) is 5.02 Å². The summed E-state index contributed by atoms with van der Waals surface area (Å²) in [5.74, 6) is 1.16. The monoisotopic (exact) mass is 398 g/mol. The van der Waals surface area contributed by atoms with Gasteiger partial charge < -0.3 is 14.8 Å². The summed E-state index contributed by atoms with van der Waals surface area (Å²) in [5, 5.41) is 8.93. The predicted octanol–water partition coefficient (Wildman–Crippen LogP) is 2.73. The van der Waals surface area contributed by atoms with Crippen molar-refractivity contribution in [2.24, 2.45) is 5.14 Å². The summed E-state index contributed by atoms with van der Waals surface area (Å²) in [6.45, 7) is 3.78. The summed E-state index contributed by atoms with van der Waals surface area (Å²) in [5.41, 5.74) is 2.01. The van der Waals surface area contributed by atoms with E-state index in [0.717, 1.165) is 24.1 Å². The number of nitrogens with one attached hydrogen (secondary N) is 1. The van der Waals surface area contributed by atoms with Crippen LogP contribution in [0.25, 0.3) is 0 Å². The number of benzene rings is 2. The first kappa shape index (κ1) is 20.5. The summed E-state index contributed by atoms with van der Waals surface area (Å²) >= 11 is 6.24. The Morgan fingerprint density at radius 1 is 1.15 bits per heavy atom. The molecule has 0 heterocycles. The molecule has 0 saturated carbocycles. The summed E-state index contributed by atoms with van der Waals surface area (Å²) in [4.78, 5) is 0.116. The summed E-state index contributed by atoms with van der Waals surface area (Å²) in [7, 11) is -2.09. The lowest BCUT2D eigenvalue weighted by Crippen LogP contribution is -2.17. The molecule has 2 aromatic carbocycles. The molecule has 0 spiro atoms. The maximum absolute atomic E-state index is 11.2. The second-order valence-corrected chi connectivity index (χ2v) is 7.63. The van der Waals surface area contributed by atoms with E-state index in [9.17, 15) is 8.42 Å². The van der Waals surface area contributed by atoms with E-state index in [1.165, 1.54) is 12.1 Å². The van der Waals surface area contributed by atoms with Crippen molar-refractivity contribution in [1.82, 2.24) is 5.32 Å². The number of rotatable bonds is 9. The average Bonchev–Trinajstić information content (AvgIpc) is 2.58. The third-order valence-corrected chi connectivity index (χ3v) is 4.95. The quantitative estimate of drug-likeness (QED) is 0.634. The van der Waals surface area contributed by atoms with Gasteiger partial charge in [-0.3, -0.25) is 0 Å². The molecule has 0 radical (unpaired) electrons. The topological polar surface area (TPSA) is 90.6 Å². The zero-order valence-electron chi connectivity index (χ0n) is 14.8. The minimum Gasteiger partial charge on any atom is -0.491 e. The average molecular weight is 399 g/mol. The molecule has 3 N–H and O–H groups in total. The molecule has 0 bridgehead atoms. The van der Waals surface area contributed by atoms with Gasteiger partial charge in [0.2, 0.25) is 10.0 Å². The number of hydrogen-bond donors (Lipinski definition) is 2. The van der Waals surface area contributed by atoms with Gasteiger partial charge >= 0.3 is 0 Å². The highest BCUT2D eigenvalue weighted by Crippen LogP contribution is 2.36. The van der Waals surface area contributed by atoms with Crippen LogP contribution in [0.4, 0.5) is 0 Å². The molecule has 0 aliphatic rings. The number of methoxy groups -OCH3 is 1. The highest BCUT2D eigenvalue weighted by atomic mass is 35.5. The van der Waals surface area contributed by atoms with E-state index >= 15 is 0 Å². The van der Waals surface area contributed by atoms with Gasteiger partial charge in [0.15, 0.2) is 11.5 Å². The Hall–Kier alpha value is -1.80. The third kappa shape index (κ3) is 5.60. The molecule has 0 saturated heterocycles. The Morgan fingerprint density at radius 3 is 2.42 bits per heavy atom. The number of ether oxygens (including phenoxy) is 2. The van der Waals surface area contributed by atoms with Crippen LogP contribution in [0.3, 0.4) is 0 Å². The van der Waals surface area contributed by atoms with Gasteiger partial charge in [0.05, 0.1) is 23.6 Å². The molecule has 2 aromatic rings. The molecule has 0 atom stereocenters. The van der Waals surface area contributed by atoms with Gasteiger partial charge in [-0.15, -0.1) is 0 Å². The van der Waals surface area contributed by atoms with E-state index in [4.69, 9.17) is 26.2 Å². The van der Waals surface area contributed by atoms with Crippen molar-refractivity contribution >= 4 is 21.6 Å². The van der Waals surface area contributed by atoms with Crippen molar-refractivity contribution in [3.05, 3.63) is 52.5 Å². The smallest absolute Gasteiger partial charge is 0.238 e. The maximum Gasteiger partial charge on any atom is 0.238 e. The van der Waals surface area contributed by atoms with Gasteiger partial charge in [-0.1, -0.05) is 23.7 Å². The van der Waals surface area contributed by atoms with E-state index in [-0.39, 0.29) is 4.90 Å². The van der Waals surface area contributed by atoms with Gasteiger partial charge in [-0.05, 0) is 55.3 Å². The second-order valence-electron chi connectivity index (χ2n) is 5.66. The first-order chi connectivity index (χ1) is 12.3. The van der Waals surface area contributed by atoms with Crippen LogP contribution in [0.1, 0.15) is 18.1 Å². The number of hydrogen-bond acceptors (Lipinski definition) is 5. The summed E-state index contributed by atoms with van der Waals surface area (Å²) < 4.78 is 33.3. The number of primary sulfonamides is 1. The molecular weight excluding hydrogens is 376 g/mol. The lowest BCUT2D eigenvalue weighted by molar-refractivity contribution is 0.310. The summed E-state index contributed by atoms with van der Waals surface area (Å²) in [6, 6.07) is 10.3. The van der Waals surface area contributed by atoms with Gasteiger partial charge in [0.25, 0.3) is 0 Å². The Labute approximate surface area is 159 Å². The van der Waals surface area contributed by atoms with Crippen molar-refractivity contribution in [2.45, 2.75) is 24.8 Å².